The van der Waals surface area contributed by atoms with Gasteiger partial charge in [-0.25, -0.2) is 4.98 Å². The van der Waals surface area contributed by atoms with Gasteiger partial charge in [-0.05, 0) is 67.9 Å². The minimum absolute atomic E-state index is 0.513. The summed E-state index contributed by atoms with van der Waals surface area (Å²) >= 11 is 0. The van der Waals surface area contributed by atoms with Crippen LogP contribution in [0.4, 0.5) is 0 Å². The molecule has 0 aliphatic rings. The van der Waals surface area contributed by atoms with E-state index in [9.17, 15) is 0 Å². The van der Waals surface area contributed by atoms with Crippen LogP contribution in [-0.4, -0.2) is 19.5 Å². The number of aromatic nitrogens is 4. The van der Waals surface area contributed by atoms with E-state index in [-0.39, 0.29) is 0 Å². The zero-order valence-electron chi connectivity index (χ0n) is 34.4. The van der Waals surface area contributed by atoms with Crippen molar-refractivity contribution in [2.75, 3.05) is 0 Å². The lowest BCUT2D eigenvalue weighted by Gasteiger charge is -2.15. The van der Waals surface area contributed by atoms with Gasteiger partial charge in [0.1, 0.15) is 11.2 Å². The molecule has 62 heavy (non-hydrogen) atoms. The zero-order chi connectivity index (χ0) is 41.9. The van der Waals surface area contributed by atoms with Gasteiger partial charge < -0.3 is 4.42 Å². The van der Waals surface area contributed by atoms with Crippen molar-refractivity contribution >= 4 is 88.2 Å². The van der Waals surface area contributed by atoms with E-state index in [0.717, 1.165) is 109 Å². The number of hydrogen-bond acceptors (Lipinski definition) is 4. The predicted molar refractivity (Wildman–Crippen MR) is 262 cm³/mol. The van der Waals surface area contributed by atoms with E-state index < -0.39 is 0 Å². The molecule has 0 unspecified atom stereocenters. The van der Waals surface area contributed by atoms with E-state index in [0.29, 0.717) is 17.6 Å². The highest BCUT2D eigenvalue weighted by atomic mass is 16.3. The lowest BCUT2D eigenvalue weighted by atomic mass is 9.92. The maximum absolute atomic E-state index is 6.45. The van der Waals surface area contributed by atoms with Crippen LogP contribution in [0.25, 0.3) is 128 Å². The van der Waals surface area contributed by atoms with E-state index in [1.807, 2.05) is 44.2 Å². The summed E-state index contributed by atoms with van der Waals surface area (Å²) in [5.74, 6) is 1.68. The van der Waals surface area contributed by atoms with Crippen molar-refractivity contribution < 1.29 is 4.42 Å². The first-order chi connectivity index (χ1) is 30.7. The molecule has 0 fully saturated rings. The lowest BCUT2D eigenvalue weighted by Crippen LogP contribution is -2.07. The fourth-order valence-corrected chi connectivity index (χ4v) is 9.30. The molecule has 3 aromatic heterocycles. The number of benzene rings is 9. The molecule has 5 nitrogen and oxygen atoms in total. The second-order valence-electron chi connectivity index (χ2n) is 15.2. The fourth-order valence-electron chi connectivity index (χ4n) is 9.30. The van der Waals surface area contributed by atoms with Crippen molar-refractivity contribution in [3.63, 3.8) is 0 Å². The standard InChI is InChI=1S/C55H34N4O.C2H6/c1-3-39-40(4-2)50-46-24-13-23-44(42-22-14-26-48-49(42)45-21-11-12-25-47(45)60-48)51(46)59(52(50)43-20-10-9-19-41(39)43)55-57-53(37-29-27-33-15-5-7-17-35(33)31-37)56-54(58-55)38-30-28-34-16-6-8-18-36(34)32-38;1-2/h3-32H,1-2H2;1-2H3. The van der Waals surface area contributed by atoms with Crippen LogP contribution in [0.2, 0.25) is 0 Å². The molecule has 12 aromatic rings. The van der Waals surface area contributed by atoms with Crippen LogP contribution < -0.4 is 0 Å². The Morgan fingerprint density at radius 1 is 0.435 bits per heavy atom. The summed E-state index contributed by atoms with van der Waals surface area (Å²) in [7, 11) is 0. The van der Waals surface area contributed by atoms with Gasteiger partial charge >= 0.3 is 0 Å². The maximum atomic E-state index is 6.45. The minimum Gasteiger partial charge on any atom is -0.456 e. The monoisotopic (exact) mass is 796 g/mol. The first kappa shape index (κ1) is 36.9. The molecular formula is C57H40N4O. The molecule has 0 N–H and O–H groups in total. The van der Waals surface area contributed by atoms with Crippen LogP contribution in [0.3, 0.4) is 0 Å². The highest BCUT2D eigenvalue weighted by Gasteiger charge is 2.26. The second-order valence-corrected chi connectivity index (χ2v) is 15.2. The zero-order valence-corrected chi connectivity index (χ0v) is 34.4. The van der Waals surface area contributed by atoms with Crippen LogP contribution in [0, 0.1) is 0 Å². The summed E-state index contributed by atoms with van der Waals surface area (Å²) in [6.45, 7) is 12.7. The summed E-state index contributed by atoms with van der Waals surface area (Å²) in [5, 5.41) is 10.9. The lowest BCUT2D eigenvalue weighted by molar-refractivity contribution is 0.669. The Bertz CT molecular complexity index is 3680. The van der Waals surface area contributed by atoms with Crippen molar-refractivity contribution in [2.24, 2.45) is 0 Å². The number of furan rings is 1. The van der Waals surface area contributed by atoms with Gasteiger partial charge in [0.05, 0.1) is 11.0 Å². The Hall–Kier alpha value is -8.15. The van der Waals surface area contributed by atoms with E-state index in [2.05, 4.69) is 169 Å². The number of para-hydroxylation sites is 2. The number of hydrogen-bond donors (Lipinski definition) is 0. The van der Waals surface area contributed by atoms with Crippen molar-refractivity contribution in [2.45, 2.75) is 13.8 Å². The summed E-state index contributed by atoms with van der Waals surface area (Å²) in [6.07, 6.45) is 3.91. The van der Waals surface area contributed by atoms with Crippen LogP contribution in [0.5, 0.6) is 0 Å². The maximum Gasteiger partial charge on any atom is 0.238 e. The third-order valence-electron chi connectivity index (χ3n) is 12.0. The molecule has 0 bridgehead atoms. The average Bonchev–Trinajstić information content (AvgIpc) is 3.90. The Kier molecular flexibility index (Phi) is 8.83. The van der Waals surface area contributed by atoms with Crippen molar-refractivity contribution in [3.8, 4) is 39.9 Å². The SMILES string of the molecule is C=Cc1c(C=C)c2c3cccc(-c4cccc5oc6ccccc6c45)c3n(-c3nc(-c4ccc5ccccc5c4)nc(-c4ccc5ccccc5c4)n3)c2c2ccccc12.CC. The first-order valence-corrected chi connectivity index (χ1v) is 21.1. The largest absolute Gasteiger partial charge is 0.456 e. The molecule has 5 heteroatoms. The van der Waals surface area contributed by atoms with Crippen LogP contribution >= 0.6 is 0 Å². The Morgan fingerprint density at radius 3 is 1.63 bits per heavy atom. The molecule has 3 heterocycles. The number of fused-ring (bicyclic) bond motifs is 10. The normalized spacial score (nSPS) is 11.5. The van der Waals surface area contributed by atoms with Crippen molar-refractivity contribution in [3.05, 3.63) is 194 Å². The summed E-state index contributed by atoms with van der Waals surface area (Å²) < 4.78 is 8.72. The molecule has 0 saturated carbocycles. The molecule has 0 aliphatic heterocycles. The fraction of sp³-hybridized carbons (Fsp3) is 0.0351. The summed E-state index contributed by atoms with van der Waals surface area (Å²) in [5.41, 5.74) is 9.56. The van der Waals surface area contributed by atoms with Gasteiger partial charge in [0, 0.05) is 43.6 Å². The quantitative estimate of drug-likeness (QED) is 0.168. The third-order valence-corrected chi connectivity index (χ3v) is 12.0. The Balaban J connectivity index is 0.00000213. The van der Waals surface area contributed by atoms with Crippen LogP contribution in [0.15, 0.2) is 187 Å². The number of nitrogens with zero attached hydrogens (tertiary/aromatic N) is 4. The van der Waals surface area contributed by atoms with Crippen LogP contribution in [-0.2, 0) is 0 Å². The molecule has 0 radical (unpaired) electrons. The second kappa shape index (κ2) is 14.8. The summed E-state index contributed by atoms with van der Waals surface area (Å²) in [6, 6.07) is 59.2. The van der Waals surface area contributed by atoms with Crippen LogP contribution in [0.1, 0.15) is 25.0 Å². The Morgan fingerprint density at radius 2 is 0.968 bits per heavy atom. The smallest absolute Gasteiger partial charge is 0.238 e. The minimum atomic E-state index is 0.513. The van der Waals surface area contributed by atoms with E-state index in [1.165, 1.54) is 0 Å². The van der Waals surface area contributed by atoms with Gasteiger partial charge in [-0.3, -0.25) is 4.57 Å². The van der Waals surface area contributed by atoms with E-state index in [4.69, 9.17) is 19.4 Å². The highest BCUT2D eigenvalue weighted by Crippen LogP contribution is 2.46. The van der Waals surface area contributed by atoms with Crippen molar-refractivity contribution in [1.29, 1.82) is 0 Å². The molecule has 0 amide bonds. The highest BCUT2D eigenvalue weighted by molar-refractivity contribution is 6.26. The molecule has 9 aromatic carbocycles. The topological polar surface area (TPSA) is 56.7 Å². The summed E-state index contributed by atoms with van der Waals surface area (Å²) in [4.78, 5) is 16.2. The number of rotatable bonds is 6. The van der Waals surface area contributed by atoms with Gasteiger partial charge in [0.15, 0.2) is 11.6 Å². The van der Waals surface area contributed by atoms with Gasteiger partial charge in [0.25, 0.3) is 0 Å². The molecule has 12 rings (SSSR count). The molecular weight excluding hydrogens is 757 g/mol. The van der Waals surface area contributed by atoms with Crippen molar-refractivity contribution in [1.82, 2.24) is 19.5 Å². The Labute approximate surface area is 358 Å². The van der Waals surface area contributed by atoms with Gasteiger partial charge in [0.2, 0.25) is 5.95 Å². The van der Waals surface area contributed by atoms with Gasteiger partial charge in [-0.1, -0.05) is 185 Å². The van der Waals surface area contributed by atoms with E-state index >= 15 is 0 Å². The first-order valence-electron chi connectivity index (χ1n) is 21.1. The molecule has 294 valence electrons. The molecule has 0 saturated heterocycles. The van der Waals surface area contributed by atoms with Gasteiger partial charge in [-0.15, -0.1) is 0 Å². The van der Waals surface area contributed by atoms with Gasteiger partial charge in [-0.2, -0.15) is 9.97 Å². The average molecular weight is 797 g/mol. The molecule has 0 atom stereocenters. The molecule has 0 spiro atoms. The van der Waals surface area contributed by atoms with E-state index in [1.54, 1.807) is 0 Å². The predicted octanol–water partition coefficient (Wildman–Crippen LogP) is 15.6. The third kappa shape index (κ3) is 5.66. The molecule has 0 aliphatic carbocycles.